The van der Waals surface area contributed by atoms with E-state index in [1.807, 2.05) is 24.4 Å². The molecular formula is C15H20N4O. The maximum Gasteiger partial charge on any atom is 0.255 e. The van der Waals surface area contributed by atoms with Crippen LogP contribution in [0, 0.1) is 0 Å². The van der Waals surface area contributed by atoms with Gasteiger partial charge in [0.1, 0.15) is 0 Å². The van der Waals surface area contributed by atoms with Gasteiger partial charge in [-0.05, 0) is 51.0 Å². The summed E-state index contributed by atoms with van der Waals surface area (Å²) < 4.78 is 1.72. The highest BCUT2D eigenvalue weighted by molar-refractivity contribution is 6.00. The van der Waals surface area contributed by atoms with Crippen molar-refractivity contribution in [1.82, 2.24) is 19.8 Å². The molecule has 1 aliphatic rings. The van der Waals surface area contributed by atoms with Crippen molar-refractivity contribution in [1.29, 1.82) is 0 Å². The van der Waals surface area contributed by atoms with Gasteiger partial charge in [0.2, 0.25) is 0 Å². The van der Waals surface area contributed by atoms with Crippen LogP contribution in [0.1, 0.15) is 29.6 Å². The van der Waals surface area contributed by atoms with Crippen LogP contribution in [0.15, 0.2) is 30.6 Å². The van der Waals surface area contributed by atoms with Crippen LogP contribution >= 0.6 is 0 Å². The molecule has 1 fully saturated rings. The zero-order valence-corrected chi connectivity index (χ0v) is 11.6. The van der Waals surface area contributed by atoms with Gasteiger partial charge in [-0.1, -0.05) is 6.07 Å². The molecule has 0 saturated carbocycles. The Kier molecular flexibility index (Phi) is 3.97. The molecule has 0 radical (unpaired) electrons. The quantitative estimate of drug-likeness (QED) is 0.840. The van der Waals surface area contributed by atoms with Crippen molar-refractivity contribution >= 4 is 11.4 Å². The minimum absolute atomic E-state index is 0.0346. The highest BCUT2D eigenvalue weighted by Crippen LogP contribution is 2.10. The number of amides is 1. The van der Waals surface area contributed by atoms with Gasteiger partial charge in [-0.2, -0.15) is 5.10 Å². The van der Waals surface area contributed by atoms with E-state index in [1.54, 1.807) is 10.7 Å². The Morgan fingerprint density at radius 3 is 3.00 bits per heavy atom. The van der Waals surface area contributed by atoms with Crippen LogP contribution in [0.5, 0.6) is 0 Å². The molecule has 3 heterocycles. The van der Waals surface area contributed by atoms with E-state index in [1.165, 1.54) is 25.9 Å². The molecule has 0 bridgehead atoms. The molecule has 0 aliphatic carbocycles. The summed E-state index contributed by atoms with van der Waals surface area (Å²) in [6.45, 7) is 4.22. The summed E-state index contributed by atoms with van der Waals surface area (Å²) in [7, 11) is 0. The second kappa shape index (κ2) is 6.05. The number of likely N-dealkylation sites (tertiary alicyclic amines) is 1. The van der Waals surface area contributed by atoms with Gasteiger partial charge in [-0.3, -0.25) is 4.79 Å². The molecule has 0 aromatic carbocycles. The van der Waals surface area contributed by atoms with Gasteiger partial charge < -0.3 is 10.2 Å². The highest BCUT2D eigenvalue weighted by Gasteiger charge is 2.13. The lowest BCUT2D eigenvalue weighted by Gasteiger charge is -2.14. The molecule has 1 saturated heterocycles. The van der Waals surface area contributed by atoms with Crippen LogP contribution < -0.4 is 5.32 Å². The van der Waals surface area contributed by atoms with Gasteiger partial charge in [0, 0.05) is 12.7 Å². The van der Waals surface area contributed by atoms with E-state index in [2.05, 4.69) is 15.3 Å². The van der Waals surface area contributed by atoms with Gasteiger partial charge in [0.05, 0.1) is 17.3 Å². The van der Waals surface area contributed by atoms with Crippen molar-refractivity contribution in [2.45, 2.75) is 19.3 Å². The molecule has 1 N–H and O–H groups in total. The second-order valence-corrected chi connectivity index (χ2v) is 5.25. The van der Waals surface area contributed by atoms with E-state index in [9.17, 15) is 4.79 Å². The Morgan fingerprint density at radius 2 is 2.15 bits per heavy atom. The van der Waals surface area contributed by atoms with E-state index in [0.29, 0.717) is 5.56 Å². The van der Waals surface area contributed by atoms with Gasteiger partial charge in [0.15, 0.2) is 0 Å². The Bertz CT molecular complexity index is 586. The molecule has 2 aromatic rings. The monoisotopic (exact) mass is 272 g/mol. The zero-order valence-electron chi connectivity index (χ0n) is 11.6. The fourth-order valence-electron chi connectivity index (χ4n) is 2.72. The van der Waals surface area contributed by atoms with E-state index in [-0.39, 0.29) is 5.91 Å². The normalized spacial score (nSPS) is 15.8. The fraction of sp³-hybridized carbons (Fsp3) is 0.467. The molecule has 20 heavy (non-hydrogen) atoms. The minimum atomic E-state index is -0.0346. The molecule has 5 nitrogen and oxygen atoms in total. The van der Waals surface area contributed by atoms with Crippen LogP contribution in [0.4, 0.5) is 0 Å². The van der Waals surface area contributed by atoms with E-state index in [0.717, 1.165) is 25.0 Å². The molecule has 106 valence electrons. The Balaban J connectivity index is 1.51. The number of hydrogen-bond acceptors (Lipinski definition) is 3. The van der Waals surface area contributed by atoms with Crippen molar-refractivity contribution in [3.8, 4) is 0 Å². The first-order valence-corrected chi connectivity index (χ1v) is 7.27. The van der Waals surface area contributed by atoms with Gasteiger partial charge >= 0.3 is 0 Å². The highest BCUT2D eigenvalue weighted by atomic mass is 16.1. The summed E-state index contributed by atoms with van der Waals surface area (Å²) in [6.07, 6.45) is 7.11. The molecule has 1 aliphatic heterocycles. The van der Waals surface area contributed by atoms with E-state index >= 15 is 0 Å². The summed E-state index contributed by atoms with van der Waals surface area (Å²) in [5.41, 5.74) is 1.50. The Morgan fingerprint density at radius 1 is 1.30 bits per heavy atom. The van der Waals surface area contributed by atoms with Crippen LogP contribution in [-0.2, 0) is 0 Å². The molecule has 5 heteroatoms. The van der Waals surface area contributed by atoms with E-state index < -0.39 is 0 Å². The second-order valence-electron chi connectivity index (χ2n) is 5.25. The fourth-order valence-corrected chi connectivity index (χ4v) is 2.72. The number of pyridine rings is 1. The molecule has 2 aromatic heterocycles. The first-order valence-electron chi connectivity index (χ1n) is 7.27. The van der Waals surface area contributed by atoms with Gasteiger partial charge in [-0.15, -0.1) is 0 Å². The summed E-state index contributed by atoms with van der Waals surface area (Å²) in [4.78, 5) is 14.6. The third-order valence-electron chi connectivity index (χ3n) is 3.81. The van der Waals surface area contributed by atoms with Crippen molar-refractivity contribution in [3.63, 3.8) is 0 Å². The maximum absolute atomic E-state index is 12.1. The SMILES string of the molecule is O=C(NCCCN1CCCC1)c1cnn2ccccc12. The maximum atomic E-state index is 12.1. The van der Waals surface area contributed by atoms with Crippen molar-refractivity contribution in [3.05, 3.63) is 36.2 Å². The molecule has 0 spiro atoms. The smallest absolute Gasteiger partial charge is 0.255 e. The largest absolute Gasteiger partial charge is 0.352 e. The van der Waals surface area contributed by atoms with Crippen LogP contribution in [0.25, 0.3) is 5.52 Å². The summed E-state index contributed by atoms with van der Waals surface area (Å²) in [6, 6.07) is 5.73. The van der Waals surface area contributed by atoms with Crippen molar-refractivity contribution in [2.75, 3.05) is 26.2 Å². The van der Waals surface area contributed by atoms with Gasteiger partial charge in [0.25, 0.3) is 5.91 Å². The lowest BCUT2D eigenvalue weighted by molar-refractivity contribution is 0.0953. The lowest BCUT2D eigenvalue weighted by atomic mass is 10.2. The topological polar surface area (TPSA) is 49.6 Å². The lowest BCUT2D eigenvalue weighted by Crippen LogP contribution is -2.28. The first kappa shape index (κ1) is 13.1. The standard InChI is InChI=1S/C15H20N4O/c20-15(16-7-5-10-18-8-3-4-9-18)13-12-17-19-11-2-1-6-14(13)19/h1-2,6,11-12H,3-5,7-10H2,(H,16,20). The summed E-state index contributed by atoms with van der Waals surface area (Å²) in [5.74, 6) is -0.0346. The summed E-state index contributed by atoms with van der Waals surface area (Å²) in [5, 5.41) is 7.16. The number of carbonyl (C=O) groups is 1. The molecule has 3 rings (SSSR count). The number of rotatable bonds is 5. The predicted molar refractivity (Wildman–Crippen MR) is 77.8 cm³/mol. The number of fused-ring (bicyclic) bond motifs is 1. The van der Waals surface area contributed by atoms with Crippen LogP contribution in [0.3, 0.4) is 0 Å². The predicted octanol–water partition coefficient (Wildman–Crippen LogP) is 1.55. The Hall–Kier alpha value is -1.88. The molecule has 1 amide bonds. The van der Waals surface area contributed by atoms with Crippen molar-refractivity contribution < 1.29 is 4.79 Å². The van der Waals surface area contributed by atoms with E-state index in [4.69, 9.17) is 0 Å². The van der Waals surface area contributed by atoms with Crippen LogP contribution in [0.2, 0.25) is 0 Å². The number of carbonyl (C=O) groups excluding carboxylic acids is 1. The van der Waals surface area contributed by atoms with Crippen molar-refractivity contribution in [2.24, 2.45) is 0 Å². The third kappa shape index (κ3) is 2.82. The minimum Gasteiger partial charge on any atom is -0.352 e. The number of nitrogens with one attached hydrogen (secondary N) is 1. The van der Waals surface area contributed by atoms with Crippen LogP contribution in [-0.4, -0.2) is 46.6 Å². The zero-order chi connectivity index (χ0) is 13.8. The molecular weight excluding hydrogens is 252 g/mol. The third-order valence-corrected chi connectivity index (χ3v) is 3.81. The average Bonchev–Trinajstić information content (AvgIpc) is 3.12. The number of aromatic nitrogens is 2. The number of nitrogens with zero attached hydrogens (tertiary/aromatic N) is 3. The Labute approximate surface area is 118 Å². The number of hydrogen-bond donors (Lipinski definition) is 1. The first-order chi connectivity index (χ1) is 9.84. The molecule has 0 unspecified atom stereocenters. The van der Waals surface area contributed by atoms with Gasteiger partial charge in [-0.25, -0.2) is 4.52 Å². The average molecular weight is 272 g/mol. The summed E-state index contributed by atoms with van der Waals surface area (Å²) >= 11 is 0. The molecule has 0 atom stereocenters.